The molecule has 1 aromatic rings. The van der Waals surface area contributed by atoms with Crippen molar-refractivity contribution in [1.82, 2.24) is 4.98 Å². The van der Waals surface area contributed by atoms with E-state index in [1.54, 1.807) is 0 Å². The molecule has 0 saturated heterocycles. The maximum Gasteiger partial charge on any atom is 0.239 e. The maximum atomic E-state index is 5.90. The van der Waals surface area contributed by atoms with Gasteiger partial charge in [0.2, 0.25) is 5.88 Å². The Labute approximate surface area is 110 Å². The Morgan fingerprint density at radius 3 is 2.50 bits per heavy atom. The Bertz CT molecular complexity index is 399. The largest absolute Gasteiger partial charge is 0.470 e. The lowest BCUT2D eigenvalue weighted by molar-refractivity contribution is 0.125. The van der Waals surface area contributed by atoms with Crippen molar-refractivity contribution in [2.24, 2.45) is 0 Å². The van der Waals surface area contributed by atoms with E-state index in [9.17, 15) is 0 Å². The van der Waals surface area contributed by atoms with Crippen LogP contribution in [0.1, 0.15) is 41.0 Å². The zero-order chi connectivity index (χ0) is 13.9. The molecule has 0 amide bonds. The second-order valence-electron chi connectivity index (χ2n) is 5.65. The average Bonchev–Trinajstić information content (AvgIpc) is 2.28. The lowest BCUT2D eigenvalue weighted by Gasteiger charge is -2.27. The number of nitrogens with zero attached hydrogens (tertiary/aromatic N) is 2. The molecule has 0 fully saturated rings. The van der Waals surface area contributed by atoms with Crippen molar-refractivity contribution in [3.8, 4) is 5.88 Å². The van der Waals surface area contributed by atoms with Crippen LogP contribution in [0.4, 0.5) is 11.5 Å². The summed E-state index contributed by atoms with van der Waals surface area (Å²) >= 11 is 0. The summed E-state index contributed by atoms with van der Waals surface area (Å²) in [6.07, 6.45) is 1.07. The molecule has 0 aliphatic rings. The van der Waals surface area contributed by atoms with Crippen LogP contribution in [0, 0.1) is 0 Å². The van der Waals surface area contributed by atoms with Gasteiger partial charge in [0, 0.05) is 13.1 Å². The predicted molar refractivity (Wildman–Crippen MR) is 77.2 cm³/mol. The van der Waals surface area contributed by atoms with Crippen molar-refractivity contribution in [3.05, 3.63) is 12.1 Å². The van der Waals surface area contributed by atoms with Gasteiger partial charge in [-0.3, -0.25) is 0 Å². The van der Waals surface area contributed by atoms with Crippen LogP contribution in [0.25, 0.3) is 0 Å². The van der Waals surface area contributed by atoms with E-state index in [1.165, 1.54) is 0 Å². The van der Waals surface area contributed by atoms with Gasteiger partial charge in [-0.2, -0.15) is 4.98 Å². The van der Waals surface area contributed by atoms with Crippen LogP contribution in [-0.2, 0) is 0 Å². The van der Waals surface area contributed by atoms with Crippen molar-refractivity contribution in [3.63, 3.8) is 0 Å². The second kappa shape index (κ2) is 5.46. The topological polar surface area (TPSA) is 51.4 Å². The molecule has 4 heteroatoms. The average molecular weight is 251 g/mol. The molecule has 1 unspecified atom stereocenters. The Kier molecular flexibility index (Phi) is 4.43. The summed E-state index contributed by atoms with van der Waals surface area (Å²) < 4.78 is 5.77. The predicted octanol–water partition coefficient (Wildman–Crippen LogP) is 3.08. The number of hydrogen-bond donors (Lipinski definition) is 1. The highest BCUT2D eigenvalue weighted by Crippen LogP contribution is 2.26. The Morgan fingerprint density at radius 1 is 1.39 bits per heavy atom. The number of nitrogen functional groups attached to an aromatic ring is 1. The van der Waals surface area contributed by atoms with Gasteiger partial charge in [0.1, 0.15) is 11.4 Å². The van der Waals surface area contributed by atoms with Crippen molar-refractivity contribution in [2.75, 3.05) is 17.7 Å². The maximum absolute atomic E-state index is 5.90. The third kappa shape index (κ3) is 3.79. The highest BCUT2D eigenvalue weighted by Gasteiger charge is 2.17. The number of hydrogen-bond acceptors (Lipinski definition) is 4. The molecule has 1 heterocycles. The molecule has 0 saturated carbocycles. The van der Waals surface area contributed by atoms with Crippen LogP contribution >= 0.6 is 0 Å². The molecular formula is C14H25N3O. The van der Waals surface area contributed by atoms with E-state index < -0.39 is 0 Å². The lowest BCUT2D eigenvalue weighted by atomic mass is 10.2. The summed E-state index contributed by atoms with van der Waals surface area (Å²) in [7, 11) is 2.04. The van der Waals surface area contributed by atoms with E-state index in [0.717, 1.165) is 12.2 Å². The van der Waals surface area contributed by atoms with E-state index >= 15 is 0 Å². The lowest BCUT2D eigenvalue weighted by Crippen LogP contribution is -2.29. The van der Waals surface area contributed by atoms with Crippen LogP contribution in [0.3, 0.4) is 0 Å². The Balaban J connectivity index is 3.00. The van der Waals surface area contributed by atoms with E-state index in [1.807, 2.05) is 40.0 Å². The normalized spacial score (nSPS) is 13.2. The summed E-state index contributed by atoms with van der Waals surface area (Å²) in [5.41, 5.74) is 6.18. The first-order valence-corrected chi connectivity index (χ1v) is 6.43. The Hall–Kier alpha value is -1.45. The molecule has 102 valence electrons. The molecule has 0 aliphatic carbocycles. The number of nitrogens with two attached hydrogens (primary N) is 1. The minimum absolute atomic E-state index is 0.297. The summed E-state index contributed by atoms with van der Waals surface area (Å²) in [5, 5.41) is 0. The fourth-order valence-electron chi connectivity index (χ4n) is 1.51. The van der Waals surface area contributed by atoms with Crippen LogP contribution in [0.15, 0.2) is 12.1 Å². The van der Waals surface area contributed by atoms with Gasteiger partial charge in [0.25, 0.3) is 0 Å². The zero-order valence-electron chi connectivity index (χ0n) is 12.3. The number of pyridine rings is 1. The van der Waals surface area contributed by atoms with Gasteiger partial charge >= 0.3 is 0 Å². The van der Waals surface area contributed by atoms with Gasteiger partial charge in [-0.15, -0.1) is 0 Å². The molecule has 0 aromatic carbocycles. The number of aromatic nitrogens is 1. The third-order valence-electron chi connectivity index (χ3n) is 2.89. The molecule has 2 N–H and O–H groups in total. The van der Waals surface area contributed by atoms with E-state index in [-0.39, 0.29) is 5.60 Å². The SMILES string of the molecule is CCC(C)N(C)c1ccc(N)c(OC(C)(C)C)n1. The van der Waals surface area contributed by atoms with Crippen LogP contribution in [-0.4, -0.2) is 23.7 Å². The van der Waals surface area contributed by atoms with Gasteiger partial charge < -0.3 is 15.4 Å². The van der Waals surface area contributed by atoms with Gasteiger partial charge in [-0.1, -0.05) is 6.92 Å². The molecule has 0 radical (unpaired) electrons. The molecule has 4 nitrogen and oxygen atoms in total. The fraction of sp³-hybridized carbons (Fsp3) is 0.643. The van der Waals surface area contributed by atoms with Gasteiger partial charge in [0.05, 0.1) is 5.69 Å². The molecule has 0 spiro atoms. The van der Waals surface area contributed by atoms with Crippen LogP contribution < -0.4 is 15.4 Å². The third-order valence-corrected chi connectivity index (χ3v) is 2.89. The molecule has 1 rings (SSSR count). The fourth-order valence-corrected chi connectivity index (χ4v) is 1.51. The molecule has 0 aliphatic heterocycles. The minimum atomic E-state index is -0.297. The number of rotatable bonds is 4. The zero-order valence-corrected chi connectivity index (χ0v) is 12.3. The van der Waals surface area contributed by atoms with Gasteiger partial charge in [-0.25, -0.2) is 0 Å². The number of ether oxygens (including phenoxy) is 1. The van der Waals surface area contributed by atoms with Crippen molar-refractivity contribution in [2.45, 2.75) is 52.7 Å². The molecular weight excluding hydrogens is 226 g/mol. The molecule has 1 atom stereocenters. The van der Waals surface area contributed by atoms with Crippen LogP contribution in [0.5, 0.6) is 5.88 Å². The number of anilines is 2. The molecule has 18 heavy (non-hydrogen) atoms. The summed E-state index contributed by atoms with van der Waals surface area (Å²) in [5.74, 6) is 1.40. The van der Waals surface area contributed by atoms with E-state index in [2.05, 4.69) is 23.7 Å². The standard InChI is InChI=1S/C14H25N3O/c1-7-10(2)17(6)12-9-8-11(15)13(16-12)18-14(3,4)5/h8-10H,7,15H2,1-6H3. The Morgan fingerprint density at radius 2 is 2.00 bits per heavy atom. The quantitative estimate of drug-likeness (QED) is 0.893. The van der Waals surface area contributed by atoms with Crippen molar-refractivity contribution in [1.29, 1.82) is 0 Å². The van der Waals surface area contributed by atoms with Gasteiger partial charge in [0.15, 0.2) is 0 Å². The minimum Gasteiger partial charge on any atom is -0.470 e. The highest BCUT2D eigenvalue weighted by molar-refractivity contribution is 5.54. The summed E-state index contributed by atoms with van der Waals surface area (Å²) in [6, 6.07) is 4.21. The monoisotopic (exact) mass is 251 g/mol. The molecule has 1 aromatic heterocycles. The van der Waals surface area contributed by atoms with Crippen molar-refractivity contribution < 1.29 is 4.74 Å². The summed E-state index contributed by atoms with van der Waals surface area (Å²) in [6.45, 7) is 10.3. The van der Waals surface area contributed by atoms with E-state index in [4.69, 9.17) is 10.5 Å². The first-order valence-electron chi connectivity index (χ1n) is 6.43. The van der Waals surface area contributed by atoms with E-state index in [0.29, 0.717) is 17.6 Å². The smallest absolute Gasteiger partial charge is 0.239 e. The first-order chi connectivity index (χ1) is 8.24. The van der Waals surface area contributed by atoms with Gasteiger partial charge in [-0.05, 0) is 46.2 Å². The molecule has 0 bridgehead atoms. The second-order valence-corrected chi connectivity index (χ2v) is 5.65. The first kappa shape index (κ1) is 14.6. The highest BCUT2D eigenvalue weighted by atomic mass is 16.5. The van der Waals surface area contributed by atoms with Crippen molar-refractivity contribution >= 4 is 11.5 Å². The summed E-state index contributed by atoms with van der Waals surface area (Å²) in [4.78, 5) is 6.64. The van der Waals surface area contributed by atoms with Crippen LogP contribution in [0.2, 0.25) is 0 Å².